The van der Waals surface area contributed by atoms with Gasteiger partial charge in [-0.1, -0.05) is 103 Å². The Morgan fingerprint density at radius 3 is 1.73 bits per heavy atom. The van der Waals surface area contributed by atoms with Crippen molar-refractivity contribution >= 4 is 71.6 Å². The van der Waals surface area contributed by atoms with Gasteiger partial charge in [0, 0.05) is 50.4 Å². The summed E-state index contributed by atoms with van der Waals surface area (Å²) in [5.41, 5.74) is 10.9. The van der Waals surface area contributed by atoms with Gasteiger partial charge in [-0.2, -0.15) is 0 Å². The Hall–Kier alpha value is -6.58. The second-order valence-corrected chi connectivity index (χ2v) is 12.6. The van der Waals surface area contributed by atoms with Gasteiger partial charge in [-0.3, -0.25) is 0 Å². The molecule has 0 aliphatic carbocycles. The van der Waals surface area contributed by atoms with Gasteiger partial charge >= 0.3 is 0 Å². The monoisotopic (exact) mass is 626 g/mol. The maximum absolute atomic E-state index is 6.77. The summed E-state index contributed by atoms with van der Waals surface area (Å²) in [7, 11) is 0. The van der Waals surface area contributed by atoms with E-state index in [0.29, 0.717) is 0 Å². The van der Waals surface area contributed by atoms with E-state index in [4.69, 9.17) is 4.42 Å². The van der Waals surface area contributed by atoms with Gasteiger partial charge in [0.15, 0.2) is 0 Å². The van der Waals surface area contributed by atoms with Crippen molar-refractivity contribution in [2.45, 2.75) is 0 Å². The number of para-hydroxylation sites is 4. The molecule has 0 aliphatic heterocycles. The van der Waals surface area contributed by atoms with Gasteiger partial charge in [0.05, 0.1) is 11.0 Å². The van der Waals surface area contributed by atoms with Gasteiger partial charge in [-0.15, -0.1) is 0 Å². The molecule has 0 saturated heterocycles. The fourth-order valence-corrected chi connectivity index (χ4v) is 7.60. The quantitative estimate of drug-likeness (QED) is 0.190. The summed E-state index contributed by atoms with van der Waals surface area (Å²) in [5.74, 6) is 0. The normalized spacial score (nSPS) is 11.7. The van der Waals surface area contributed by atoms with Crippen molar-refractivity contribution in [2.24, 2.45) is 0 Å². The fraction of sp³-hybridized carbons (Fsp3) is 0. The number of hydrogen-bond acceptors (Lipinski definition) is 2. The molecular formula is C46H30N2O. The van der Waals surface area contributed by atoms with E-state index in [0.717, 1.165) is 50.3 Å². The highest BCUT2D eigenvalue weighted by molar-refractivity contribution is 6.23. The molecule has 8 aromatic carbocycles. The molecule has 3 heteroatoms. The first kappa shape index (κ1) is 27.5. The van der Waals surface area contributed by atoms with E-state index in [1.807, 2.05) is 0 Å². The summed E-state index contributed by atoms with van der Waals surface area (Å²) in [6.45, 7) is 0. The van der Waals surface area contributed by atoms with Crippen LogP contribution in [0.25, 0.3) is 71.3 Å². The van der Waals surface area contributed by atoms with Crippen LogP contribution in [0.2, 0.25) is 0 Å². The van der Waals surface area contributed by atoms with Crippen LogP contribution in [0.3, 0.4) is 0 Å². The first-order chi connectivity index (χ1) is 24.3. The average molecular weight is 627 g/mol. The largest absolute Gasteiger partial charge is 0.456 e. The van der Waals surface area contributed by atoms with Crippen molar-refractivity contribution in [3.8, 4) is 16.8 Å². The minimum atomic E-state index is 0.869. The van der Waals surface area contributed by atoms with Crippen LogP contribution in [-0.4, -0.2) is 4.57 Å². The standard InChI is InChI=1S/C46H30N2O/c1-4-14-32(15-5-1)47(33-16-6-2-7-17-33)35-25-26-39-44(29-35)49-45-30-40(36-20-10-11-22-38(36)46(39)45)31-24-27-43-41(28-31)37-21-12-13-23-42(37)48(43)34-18-8-3-9-19-34/h1-30H. The molecule has 0 radical (unpaired) electrons. The highest BCUT2D eigenvalue weighted by Crippen LogP contribution is 2.44. The van der Waals surface area contributed by atoms with E-state index < -0.39 is 0 Å². The molecule has 2 heterocycles. The van der Waals surface area contributed by atoms with E-state index in [1.165, 1.54) is 38.1 Å². The molecule has 0 unspecified atom stereocenters. The predicted octanol–water partition coefficient (Wildman–Crippen LogP) is 13.0. The average Bonchev–Trinajstić information content (AvgIpc) is 3.71. The molecular weight excluding hydrogens is 597 g/mol. The number of nitrogens with zero attached hydrogens (tertiary/aromatic N) is 2. The molecule has 10 rings (SSSR count). The number of anilines is 3. The Bertz CT molecular complexity index is 2770. The lowest BCUT2D eigenvalue weighted by molar-refractivity contribution is 0.669. The number of rotatable bonds is 5. The van der Waals surface area contributed by atoms with Crippen LogP contribution < -0.4 is 4.90 Å². The van der Waals surface area contributed by atoms with Gasteiger partial charge < -0.3 is 13.9 Å². The summed E-state index contributed by atoms with van der Waals surface area (Å²) >= 11 is 0. The van der Waals surface area contributed by atoms with Crippen molar-refractivity contribution in [3.63, 3.8) is 0 Å². The summed E-state index contributed by atoms with van der Waals surface area (Å²) in [5, 5.41) is 7.14. The summed E-state index contributed by atoms with van der Waals surface area (Å²) in [6, 6.07) is 64.7. The predicted molar refractivity (Wildman–Crippen MR) is 206 cm³/mol. The van der Waals surface area contributed by atoms with Crippen LogP contribution in [0.15, 0.2) is 186 Å². The maximum Gasteiger partial charge on any atom is 0.137 e. The molecule has 0 bridgehead atoms. The zero-order chi connectivity index (χ0) is 32.3. The smallest absolute Gasteiger partial charge is 0.137 e. The van der Waals surface area contributed by atoms with E-state index in [9.17, 15) is 0 Å². The first-order valence-electron chi connectivity index (χ1n) is 16.7. The molecule has 0 aliphatic rings. The van der Waals surface area contributed by atoms with Gasteiger partial charge in [-0.05, 0) is 94.7 Å². The minimum Gasteiger partial charge on any atom is -0.456 e. The molecule has 3 nitrogen and oxygen atoms in total. The second kappa shape index (κ2) is 11.0. The molecule has 0 saturated carbocycles. The first-order valence-corrected chi connectivity index (χ1v) is 16.7. The third kappa shape index (κ3) is 4.37. The molecule has 0 spiro atoms. The van der Waals surface area contributed by atoms with Crippen molar-refractivity contribution < 1.29 is 4.42 Å². The van der Waals surface area contributed by atoms with Gasteiger partial charge in [0.1, 0.15) is 11.2 Å². The molecule has 230 valence electrons. The number of furan rings is 1. The fourth-order valence-electron chi connectivity index (χ4n) is 7.60. The highest BCUT2D eigenvalue weighted by Gasteiger charge is 2.19. The Morgan fingerprint density at radius 1 is 0.388 bits per heavy atom. The Balaban J connectivity index is 1.18. The van der Waals surface area contributed by atoms with E-state index >= 15 is 0 Å². The molecule has 0 atom stereocenters. The third-order valence-corrected chi connectivity index (χ3v) is 9.75. The number of benzene rings is 8. The molecule has 0 N–H and O–H groups in total. The number of fused-ring (bicyclic) bond motifs is 8. The number of aromatic nitrogens is 1. The molecule has 0 fully saturated rings. The minimum absolute atomic E-state index is 0.869. The van der Waals surface area contributed by atoms with Crippen molar-refractivity contribution in [3.05, 3.63) is 182 Å². The highest BCUT2D eigenvalue weighted by atomic mass is 16.3. The Kier molecular flexibility index (Phi) is 6.18. The van der Waals surface area contributed by atoms with Crippen molar-refractivity contribution in [2.75, 3.05) is 4.90 Å². The van der Waals surface area contributed by atoms with Crippen LogP contribution in [0, 0.1) is 0 Å². The van der Waals surface area contributed by atoms with Crippen molar-refractivity contribution in [1.82, 2.24) is 4.57 Å². The summed E-state index contributed by atoms with van der Waals surface area (Å²) < 4.78 is 9.14. The van der Waals surface area contributed by atoms with Crippen LogP contribution in [0.1, 0.15) is 0 Å². The Labute approximate surface area is 283 Å². The topological polar surface area (TPSA) is 21.3 Å². The van der Waals surface area contributed by atoms with Crippen LogP contribution in [0.4, 0.5) is 17.1 Å². The molecule has 0 amide bonds. The van der Waals surface area contributed by atoms with Crippen LogP contribution in [-0.2, 0) is 0 Å². The Morgan fingerprint density at radius 2 is 1.00 bits per heavy atom. The van der Waals surface area contributed by atoms with E-state index in [1.54, 1.807) is 0 Å². The lowest BCUT2D eigenvalue weighted by Gasteiger charge is -2.25. The molecule has 2 aromatic heterocycles. The molecule has 10 aromatic rings. The lowest BCUT2D eigenvalue weighted by atomic mass is 9.94. The van der Waals surface area contributed by atoms with Crippen LogP contribution in [0.5, 0.6) is 0 Å². The van der Waals surface area contributed by atoms with Crippen molar-refractivity contribution in [1.29, 1.82) is 0 Å². The summed E-state index contributed by atoms with van der Waals surface area (Å²) in [6.07, 6.45) is 0. The van der Waals surface area contributed by atoms with Crippen LogP contribution >= 0.6 is 0 Å². The maximum atomic E-state index is 6.77. The molecule has 49 heavy (non-hydrogen) atoms. The third-order valence-electron chi connectivity index (χ3n) is 9.75. The zero-order valence-corrected chi connectivity index (χ0v) is 26.6. The zero-order valence-electron chi connectivity index (χ0n) is 26.6. The van der Waals surface area contributed by atoms with Gasteiger partial charge in [-0.25, -0.2) is 0 Å². The van der Waals surface area contributed by atoms with E-state index in [2.05, 4.69) is 191 Å². The SMILES string of the molecule is c1ccc(N(c2ccccc2)c2ccc3c(c2)oc2cc(-c4ccc5c(c4)c4ccccc4n5-c4ccccc4)c4ccccc4c23)cc1. The second-order valence-electron chi connectivity index (χ2n) is 12.6. The van der Waals surface area contributed by atoms with Gasteiger partial charge in [0.25, 0.3) is 0 Å². The lowest BCUT2D eigenvalue weighted by Crippen LogP contribution is -2.09. The van der Waals surface area contributed by atoms with Gasteiger partial charge in [0.2, 0.25) is 0 Å². The van der Waals surface area contributed by atoms with E-state index in [-0.39, 0.29) is 0 Å². The summed E-state index contributed by atoms with van der Waals surface area (Å²) in [4.78, 5) is 2.28. The number of hydrogen-bond donors (Lipinski definition) is 0.